The number of nitro groups is 1. The van der Waals surface area contributed by atoms with Crippen LogP contribution in [0.25, 0.3) is 16.7 Å². The molecular weight excluding hydrogens is 379 g/mol. The van der Waals surface area contributed by atoms with Gasteiger partial charge in [0.05, 0.1) is 35.4 Å². The fourth-order valence-electron chi connectivity index (χ4n) is 3.13. The number of nitrogens with zero attached hydrogens (tertiary/aromatic N) is 6. The van der Waals surface area contributed by atoms with Crippen LogP contribution in [0.5, 0.6) is 0 Å². The second-order valence-corrected chi connectivity index (χ2v) is 7.72. The van der Waals surface area contributed by atoms with E-state index in [1.807, 2.05) is 4.90 Å². The summed E-state index contributed by atoms with van der Waals surface area (Å²) in [5.41, 5.74) is 1.33. The normalized spacial score (nSPS) is 15.6. The van der Waals surface area contributed by atoms with E-state index in [0.717, 1.165) is 0 Å². The molecule has 1 saturated heterocycles. The van der Waals surface area contributed by atoms with Gasteiger partial charge in [-0.05, 0) is 6.07 Å². The maximum atomic E-state index is 11.6. The zero-order valence-electron chi connectivity index (χ0n) is 13.9. The second kappa shape index (κ2) is 6.50. The highest BCUT2D eigenvalue weighted by Crippen LogP contribution is 2.39. The van der Waals surface area contributed by atoms with Crippen molar-refractivity contribution in [3.63, 3.8) is 0 Å². The van der Waals surface area contributed by atoms with Crippen molar-refractivity contribution in [2.45, 2.75) is 6.16 Å². The van der Waals surface area contributed by atoms with Crippen LogP contribution >= 0.6 is 7.60 Å². The smallest absolute Gasteiger partial charge is 0.333 e. The zero-order chi connectivity index (χ0) is 19.2. The Bertz CT molecular complexity index is 1090. The van der Waals surface area contributed by atoms with E-state index in [9.17, 15) is 24.5 Å². The molecule has 4 rings (SSSR count). The second-order valence-electron chi connectivity index (χ2n) is 6.08. The molecule has 12 nitrogen and oxygen atoms in total. The minimum absolute atomic E-state index is 0.0625. The van der Waals surface area contributed by atoms with E-state index in [0.29, 0.717) is 48.7 Å². The van der Waals surface area contributed by atoms with Crippen LogP contribution in [0.3, 0.4) is 0 Å². The van der Waals surface area contributed by atoms with Crippen molar-refractivity contribution in [3.05, 3.63) is 34.3 Å². The summed E-state index contributed by atoms with van der Waals surface area (Å²) in [7, 11) is -4.38. The van der Waals surface area contributed by atoms with Gasteiger partial charge >= 0.3 is 7.60 Å². The Morgan fingerprint density at radius 1 is 1.26 bits per heavy atom. The molecule has 0 aliphatic carbocycles. The Morgan fingerprint density at radius 2 is 2.00 bits per heavy atom. The highest BCUT2D eigenvalue weighted by Gasteiger charge is 2.25. The SMILES string of the molecule is O=[N+]([O-])c1cc2ncc3nnc(CP(=O)(O)O)n3c2cc1N1CCOCC1. The third-order valence-corrected chi connectivity index (χ3v) is 4.98. The van der Waals surface area contributed by atoms with Gasteiger partial charge in [-0.2, -0.15) is 0 Å². The van der Waals surface area contributed by atoms with Gasteiger partial charge in [-0.15, -0.1) is 10.2 Å². The van der Waals surface area contributed by atoms with E-state index >= 15 is 0 Å². The summed E-state index contributed by atoms with van der Waals surface area (Å²) in [4.78, 5) is 35.7. The van der Waals surface area contributed by atoms with Crippen molar-refractivity contribution in [2.75, 3.05) is 31.2 Å². The lowest BCUT2D eigenvalue weighted by atomic mass is 10.2. The minimum Gasteiger partial charge on any atom is -0.378 e. The average Bonchev–Trinajstić information content (AvgIpc) is 3.02. The molecule has 142 valence electrons. The van der Waals surface area contributed by atoms with E-state index in [4.69, 9.17) is 4.74 Å². The van der Waals surface area contributed by atoms with Crippen molar-refractivity contribution >= 4 is 35.7 Å². The van der Waals surface area contributed by atoms with Crippen LogP contribution in [-0.4, -0.2) is 60.6 Å². The zero-order valence-corrected chi connectivity index (χ0v) is 14.8. The van der Waals surface area contributed by atoms with Crippen molar-refractivity contribution < 1.29 is 24.0 Å². The summed E-state index contributed by atoms with van der Waals surface area (Å²) in [5, 5.41) is 19.3. The molecule has 0 atom stereocenters. The van der Waals surface area contributed by atoms with Crippen LogP contribution in [0.4, 0.5) is 11.4 Å². The fraction of sp³-hybridized carbons (Fsp3) is 0.357. The number of fused-ring (bicyclic) bond motifs is 3. The maximum Gasteiger partial charge on any atom is 0.333 e. The Hall–Kier alpha value is -2.66. The molecule has 0 spiro atoms. The van der Waals surface area contributed by atoms with Crippen LogP contribution in [-0.2, 0) is 15.5 Å². The van der Waals surface area contributed by atoms with Gasteiger partial charge in [-0.25, -0.2) is 0 Å². The first-order valence-electron chi connectivity index (χ1n) is 8.02. The quantitative estimate of drug-likeness (QED) is 0.367. The van der Waals surface area contributed by atoms with Crippen LogP contribution in [0.2, 0.25) is 0 Å². The molecule has 0 unspecified atom stereocenters. The third kappa shape index (κ3) is 3.35. The van der Waals surface area contributed by atoms with Crippen LogP contribution in [0, 0.1) is 10.1 Å². The highest BCUT2D eigenvalue weighted by atomic mass is 31.2. The topological polar surface area (TPSA) is 156 Å². The highest BCUT2D eigenvalue weighted by molar-refractivity contribution is 7.50. The van der Waals surface area contributed by atoms with Crippen LogP contribution in [0.15, 0.2) is 18.3 Å². The maximum absolute atomic E-state index is 11.6. The van der Waals surface area contributed by atoms with Crippen molar-refractivity contribution in [1.82, 2.24) is 19.6 Å². The van der Waals surface area contributed by atoms with E-state index in [1.54, 1.807) is 6.07 Å². The Kier molecular flexibility index (Phi) is 4.27. The number of aromatic nitrogens is 4. The van der Waals surface area contributed by atoms with Gasteiger partial charge in [0.15, 0.2) is 5.65 Å². The van der Waals surface area contributed by atoms with Gasteiger partial charge < -0.3 is 19.4 Å². The predicted octanol–water partition coefficient (Wildman–Crippen LogP) is 0.700. The number of hydrogen-bond donors (Lipinski definition) is 2. The molecule has 27 heavy (non-hydrogen) atoms. The Balaban J connectivity index is 1.97. The van der Waals surface area contributed by atoms with Gasteiger partial charge in [0, 0.05) is 19.2 Å². The first kappa shape index (κ1) is 17.7. The number of morpholine rings is 1. The van der Waals surface area contributed by atoms with E-state index in [2.05, 4.69) is 15.2 Å². The molecule has 0 amide bonds. The number of nitro benzene ring substituents is 1. The molecule has 3 heterocycles. The van der Waals surface area contributed by atoms with E-state index in [-0.39, 0.29) is 11.5 Å². The van der Waals surface area contributed by atoms with E-state index < -0.39 is 18.7 Å². The number of anilines is 1. The first-order valence-corrected chi connectivity index (χ1v) is 9.82. The largest absolute Gasteiger partial charge is 0.378 e. The summed E-state index contributed by atoms with van der Waals surface area (Å²) in [6, 6.07) is 2.94. The minimum atomic E-state index is -4.38. The lowest BCUT2D eigenvalue weighted by Crippen LogP contribution is -2.36. The van der Waals surface area contributed by atoms with Gasteiger partial charge in [-0.1, -0.05) is 0 Å². The average molecular weight is 394 g/mol. The van der Waals surface area contributed by atoms with Gasteiger partial charge in [0.1, 0.15) is 17.7 Å². The molecule has 0 bridgehead atoms. The Labute approximate surface area is 151 Å². The van der Waals surface area contributed by atoms with Crippen molar-refractivity contribution in [1.29, 1.82) is 0 Å². The lowest BCUT2D eigenvalue weighted by Gasteiger charge is -2.28. The number of ether oxygens (including phenoxy) is 1. The molecule has 0 saturated carbocycles. The third-order valence-electron chi connectivity index (χ3n) is 4.28. The van der Waals surface area contributed by atoms with Crippen molar-refractivity contribution in [3.8, 4) is 0 Å². The van der Waals surface area contributed by atoms with Gasteiger partial charge in [-0.3, -0.25) is 24.1 Å². The predicted molar refractivity (Wildman–Crippen MR) is 93.7 cm³/mol. The number of rotatable bonds is 4. The summed E-state index contributed by atoms with van der Waals surface area (Å²) in [5.74, 6) is 0.0625. The van der Waals surface area contributed by atoms with Gasteiger partial charge in [0.2, 0.25) is 0 Å². The molecule has 1 aromatic carbocycles. The lowest BCUT2D eigenvalue weighted by molar-refractivity contribution is -0.384. The van der Waals surface area contributed by atoms with Crippen LogP contribution in [0.1, 0.15) is 5.82 Å². The fourth-order valence-corrected chi connectivity index (χ4v) is 3.70. The van der Waals surface area contributed by atoms with E-state index in [1.165, 1.54) is 16.7 Å². The first-order chi connectivity index (χ1) is 12.8. The Morgan fingerprint density at radius 3 is 2.67 bits per heavy atom. The molecule has 0 radical (unpaired) electrons. The molecule has 1 aliphatic rings. The molecule has 13 heteroatoms. The van der Waals surface area contributed by atoms with Gasteiger partial charge in [0.25, 0.3) is 5.69 Å². The molecule has 3 aromatic rings. The number of benzene rings is 1. The summed E-state index contributed by atoms with van der Waals surface area (Å²) >= 11 is 0. The summed E-state index contributed by atoms with van der Waals surface area (Å²) in [6.45, 7) is 1.89. The summed E-state index contributed by atoms with van der Waals surface area (Å²) in [6.07, 6.45) is 0.758. The molecule has 1 aliphatic heterocycles. The standard InChI is InChI=1S/C14H15N6O6P/c21-20(22)12-5-9-10(6-11(12)18-1-3-26-4-2-18)19-13(7-15-9)16-17-14(19)8-27(23,24)25/h5-7H,1-4,8H2,(H2,23,24,25). The molecule has 1 fully saturated rings. The molecular formula is C14H15N6O6P. The van der Waals surface area contributed by atoms with Crippen molar-refractivity contribution in [2.24, 2.45) is 0 Å². The monoisotopic (exact) mass is 394 g/mol. The number of hydrogen-bond acceptors (Lipinski definition) is 8. The van der Waals surface area contributed by atoms with Crippen LogP contribution < -0.4 is 4.90 Å². The molecule has 2 N–H and O–H groups in total. The summed E-state index contributed by atoms with van der Waals surface area (Å²) < 4.78 is 18.2. The molecule has 2 aromatic heterocycles.